The second-order valence-electron chi connectivity index (χ2n) is 17.0. The van der Waals surface area contributed by atoms with Crippen LogP contribution in [0.1, 0.15) is 25.1 Å². The minimum Gasteiger partial charge on any atom is -0.309 e. The summed E-state index contributed by atoms with van der Waals surface area (Å²) in [5, 5.41) is 9.84. The highest BCUT2D eigenvalue weighted by Crippen LogP contribution is 2.49. The lowest BCUT2D eigenvalue weighted by Gasteiger charge is -2.21. The van der Waals surface area contributed by atoms with Crippen molar-refractivity contribution in [2.75, 3.05) is 0 Å². The van der Waals surface area contributed by atoms with Gasteiger partial charge in [0.1, 0.15) is 0 Å². The molecule has 0 fully saturated rings. The molecule has 0 bridgehead atoms. The zero-order chi connectivity index (χ0) is 40.4. The van der Waals surface area contributed by atoms with Crippen LogP contribution in [0.25, 0.3) is 110 Å². The van der Waals surface area contributed by atoms with Crippen molar-refractivity contribution in [3.05, 3.63) is 205 Å². The summed E-state index contributed by atoms with van der Waals surface area (Å²) in [4.78, 5) is 11.3. The number of hydrogen-bond donors (Lipinski definition) is 0. The molecule has 13 rings (SSSR count). The van der Waals surface area contributed by atoms with Crippen LogP contribution in [0.15, 0.2) is 194 Å². The number of aromatic nitrogens is 4. The molecule has 0 unspecified atom stereocenters. The minimum absolute atomic E-state index is 0.299. The molecule has 1 aliphatic rings. The largest absolute Gasteiger partial charge is 0.309 e. The predicted octanol–water partition coefficient (Wildman–Crippen LogP) is 14.6. The summed E-state index contributed by atoms with van der Waals surface area (Å²) in [5.74, 6) is 0. The maximum Gasteiger partial charge on any atom is 0.0973 e. The zero-order valence-corrected chi connectivity index (χ0v) is 33.8. The Balaban J connectivity index is 1.04. The lowest BCUT2D eigenvalue weighted by Crippen LogP contribution is -2.17. The lowest BCUT2D eigenvalue weighted by atomic mass is 9.85. The van der Waals surface area contributed by atoms with Gasteiger partial charge < -0.3 is 9.13 Å². The molecule has 0 N–H and O–H groups in total. The molecule has 0 amide bonds. The molecule has 286 valence electrons. The Bertz CT molecular complexity index is 3780. The number of fused-ring (bicyclic) bond motifs is 12. The fourth-order valence-electron chi connectivity index (χ4n) is 10.3. The highest BCUT2D eigenvalue weighted by atomic mass is 15.0. The van der Waals surface area contributed by atoms with Gasteiger partial charge in [0.05, 0.1) is 44.8 Å². The average molecular weight is 779 g/mol. The summed E-state index contributed by atoms with van der Waals surface area (Å²) in [7, 11) is 0. The third-order valence-corrected chi connectivity index (χ3v) is 13.2. The summed E-state index contributed by atoms with van der Waals surface area (Å²) >= 11 is 0. The van der Waals surface area contributed by atoms with E-state index in [0.29, 0.717) is 0 Å². The third-order valence-electron chi connectivity index (χ3n) is 13.2. The van der Waals surface area contributed by atoms with Gasteiger partial charge in [0, 0.05) is 60.4 Å². The fraction of sp³-hybridized carbons (Fsp3) is 0.0526. The van der Waals surface area contributed by atoms with Crippen molar-refractivity contribution in [2.24, 2.45) is 0 Å². The first-order chi connectivity index (χ1) is 30.0. The van der Waals surface area contributed by atoms with E-state index >= 15 is 0 Å². The minimum atomic E-state index is -0.299. The first kappa shape index (κ1) is 34.1. The molecular weight excluding hydrogens is 741 g/mol. The van der Waals surface area contributed by atoms with E-state index in [2.05, 4.69) is 217 Å². The van der Waals surface area contributed by atoms with E-state index in [1.54, 1.807) is 0 Å². The van der Waals surface area contributed by atoms with E-state index in [9.17, 15) is 0 Å². The molecule has 0 radical (unpaired) electrons. The van der Waals surface area contributed by atoms with Gasteiger partial charge in [-0.2, -0.15) is 0 Å². The Labute approximate surface area is 352 Å². The van der Waals surface area contributed by atoms with E-state index in [1.165, 1.54) is 65.2 Å². The van der Waals surface area contributed by atoms with Crippen LogP contribution in [-0.4, -0.2) is 19.1 Å². The van der Waals surface area contributed by atoms with Gasteiger partial charge in [-0.1, -0.05) is 153 Å². The van der Waals surface area contributed by atoms with Gasteiger partial charge in [-0.15, -0.1) is 0 Å². The van der Waals surface area contributed by atoms with Crippen LogP contribution in [0, 0.1) is 0 Å². The van der Waals surface area contributed by atoms with E-state index in [4.69, 9.17) is 9.97 Å². The molecule has 4 heteroatoms. The maximum absolute atomic E-state index is 5.66. The van der Waals surface area contributed by atoms with Gasteiger partial charge in [-0.3, -0.25) is 0 Å². The SMILES string of the molecule is CC1(C)c2ccccc2-c2nc(-c3ccc(-n4c5cc6ccccc6cc5c5ccc6ccccc6c54)cc3)c(-c3ccc4c(c3)c3ccccc3n4-c3ccccc3)nc21. The molecule has 4 nitrogen and oxygen atoms in total. The van der Waals surface area contributed by atoms with Crippen LogP contribution in [0.3, 0.4) is 0 Å². The fourth-order valence-corrected chi connectivity index (χ4v) is 10.3. The molecule has 0 atom stereocenters. The van der Waals surface area contributed by atoms with Gasteiger partial charge in [-0.25, -0.2) is 9.97 Å². The smallest absolute Gasteiger partial charge is 0.0973 e. The zero-order valence-electron chi connectivity index (χ0n) is 33.8. The molecule has 0 aliphatic heterocycles. The summed E-state index contributed by atoms with van der Waals surface area (Å²) in [6.45, 7) is 4.56. The Morgan fingerprint density at radius 3 is 1.84 bits per heavy atom. The lowest BCUT2D eigenvalue weighted by molar-refractivity contribution is 0.636. The number of nitrogens with zero attached hydrogens (tertiary/aromatic N) is 4. The summed E-state index contributed by atoms with van der Waals surface area (Å²) in [5.41, 5.74) is 14.9. The topological polar surface area (TPSA) is 35.6 Å². The molecule has 0 spiro atoms. The van der Waals surface area contributed by atoms with Crippen LogP contribution >= 0.6 is 0 Å². The molecule has 61 heavy (non-hydrogen) atoms. The molecule has 3 heterocycles. The van der Waals surface area contributed by atoms with Crippen LogP contribution in [0.5, 0.6) is 0 Å². The summed E-state index contributed by atoms with van der Waals surface area (Å²) < 4.78 is 4.82. The van der Waals surface area contributed by atoms with Crippen molar-refractivity contribution < 1.29 is 0 Å². The quantitative estimate of drug-likeness (QED) is 0.178. The van der Waals surface area contributed by atoms with Crippen molar-refractivity contribution in [3.63, 3.8) is 0 Å². The van der Waals surface area contributed by atoms with Gasteiger partial charge >= 0.3 is 0 Å². The number of hydrogen-bond acceptors (Lipinski definition) is 2. The molecule has 9 aromatic carbocycles. The van der Waals surface area contributed by atoms with Crippen molar-refractivity contribution in [2.45, 2.75) is 19.3 Å². The van der Waals surface area contributed by atoms with Crippen LogP contribution in [0.2, 0.25) is 0 Å². The van der Waals surface area contributed by atoms with Gasteiger partial charge in [-0.05, 0) is 76.3 Å². The Kier molecular flexibility index (Phi) is 7.04. The number of rotatable bonds is 4. The average Bonchev–Trinajstić information content (AvgIpc) is 3.90. The van der Waals surface area contributed by atoms with E-state index in [0.717, 1.165) is 56.4 Å². The summed E-state index contributed by atoms with van der Waals surface area (Å²) in [6, 6.07) is 70.5. The second-order valence-corrected chi connectivity index (χ2v) is 17.0. The molecule has 0 saturated heterocycles. The van der Waals surface area contributed by atoms with Crippen molar-refractivity contribution in [1.82, 2.24) is 19.1 Å². The first-order valence-corrected chi connectivity index (χ1v) is 21.1. The van der Waals surface area contributed by atoms with Gasteiger partial charge in [0.25, 0.3) is 0 Å². The van der Waals surface area contributed by atoms with Gasteiger partial charge in [0.2, 0.25) is 0 Å². The summed E-state index contributed by atoms with van der Waals surface area (Å²) in [6.07, 6.45) is 0. The highest BCUT2D eigenvalue weighted by molar-refractivity contribution is 6.20. The Hall–Kier alpha value is -7.82. The molecule has 0 saturated carbocycles. The van der Waals surface area contributed by atoms with Crippen LogP contribution in [0.4, 0.5) is 0 Å². The second kappa shape index (κ2) is 12.6. The molecular formula is C57H38N4. The first-order valence-electron chi connectivity index (χ1n) is 21.1. The normalized spacial score (nSPS) is 13.2. The van der Waals surface area contributed by atoms with Crippen molar-refractivity contribution in [3.8, 4) is 45.1 Å². The molecule has 1 aliphatic carbocycles. The van der Waals surface area contributed by atoms with Gasteiger partial charge in [0.15, 0.2) is 0 Å². The highest BCUT2D eigenvalue weighted by Gasteiger charge is 2.39. The predicted molar refractivity (Wildman–Crippen MR) is 254 cm³/mol. The monoisotopic (exact) mass is 778 g/mol. The number of benzene rings is 9. The standard InChI is InChI=1S/C57H38N4/c1-57(2)48-22-12-10-21-45(48)54-56(57)59-53(39-27-31-50-46(33-39)43-20-11-13-23-49(43)60(50)40-17-4-3-5-18-40)52(58-54)36-24-28-41(29-25-36)61-51-34-38-16-7-6-15-37(38)32-47(51)44-30-26-35-14-8-9-19-42(35)55(44)61/h3-34H,1-2H3. The maximum atomic E-state index is 5.66. The van der Waals surface area contributed by atoms with E-state index < -0.39 is 0 Å². The van der Waals surface area contributed by atoms with Crippen LogP contribution in [-0.2, 0) is 5.41 Å². The van der Waals surface area contributed by atoms with E-state index in [1.807, 2.05) is 0 Å². The van der Waals surface area contributed by atoms with Crippen molar-refractivity contribution >= 4 is 65.2 Å². The molecule has 3 aromatic heterocycles. The Morgan fingerprint density at radius 2 is 1.00 bits per heavy atom. The van der Waals surface area contributed by atoms with E-state index in [-0.39, 0.29) is 5.41 Å². The third kappa shape index (κ3) is 4.87. The molecule has 12 aromatic rings. The van der Waals surface area contributed by atoms with Crippen molar-refractivity contribution in [1.29, 1.82) is 0 Å². The number of para-hydroxylation sites is 2. The Morgan fingerprint density at radius 1 is 0.377 bits per heavy atom. The van der Waals surface area contributed by atoms with Crippen LogP contribution < -0.4 is 0 Å².